The molecular formula is C17H19NO4. The van der Waals surface area contributed by atoms with E-state index >= 15 is 0 Å². The van der Waals surface area contributed by atoms with Crippen LogP contribution in [-0.4, -0.2) is 22.5 Å². The number of carboxylic acids is 1. The highest BCUT2D eigenvalue weighted by Gasteiger charge is 2.42. The van der Waals surface area contributed by atoms with E-state index in [-0.39, 0.29) is 5.91 Å². The summed E-state index contributed by atoms with van der Waals surface area (Å²) in [5.74, 6) is -0.846. The van der Waals surface area contributed by atoms with Gasteiger partial charge in [0, 0.05) is 5.39 Å². The van der Waals surface area contributed by atoms with E-state index < -0.39 is 11.5 Å². The Morgan fingerprint density at radius 1 is 1.27 bits per heavy atom. The lowest BCUT2D eigenvalue weighted by Gasteiger charge is -2.36. The zero-order valence-corrected chi connectivity index (χ0v) is 12.5. The molecule has 0 unspecified atom stereocenters. The third-order valence-corrected chi connectivity index (χ3v) is 4.62. The fraction of sp³-hybridized carbons (Fsp3) is 0.412. The van der Waals surface area contributed by atoms with Gasteiger partial charge in [-0.1, -0.05) is 25.1 Å². The van der Waals surface area contributed by atoms with Crippen molar-refractivity contribution in [2.24, 2.45) is 5.92 Å². The van der Waals surface area contributed by atoms with Crippen LogP contribution in [0.4, 0.5) is 0 Å². The number of carbonyl (C=O) groups is 2. The maximum Gasteiger partial charge on any atom is 0.329 e. The third kappa shape index (κ3) is 2.47. The minimum absolute atomic E-state index is 0.384. The van der Waals surface area contributed by atoms with E-state index in [0.29, 0.717) is 35.3 Å². The first-order valence-corrected chi connectivity index (χ1v) is 7.54. The van der Waals surface area contributed by atoms with Gasteiger partial charge in [0.15, 0.2) is 0 Å². The normalized spacial score (nSPS) is 25.0. The zero-order chi connectivity index (χ0) is 15.7. The van der Waals surface area contributed by atoms with Crippen molar-refractivity contribution in [3.8, 4) is 0 Å². The average Bonchev–Trinajstić information content (AvgIpc) is 2.93. The number of amides is 1. The van der Waals surface area contributed by atoms with Gasteiger partial charge in [-0.2, -0.15) is 0 Å². The molecular weight excluding hydrogens is 282 g/mol. The lowest BCUT2D eigenvalue weighted by molar-refractivity contribution is -0.146. The zero-order valence-electron chi connectivity index (χ0n) is 12.5. The monoisotopic (exact) mass is 301 g/mol. The predicted molar refractivity (Wildman–Crippen MR) is 81.7 cm³/mol. The Morgan fingerprint density at radius 3 is 2.64 bits per heavy atom. The van der Waals surface area contributed by atoms with Gasteiger partial charge >= 0.3 is 5.97 Å². The second-order valence-electron chi connectivity index (χ2n) is 6.17. The Hall–Kier alpha value is -2.30. The van der Waals surface area contributed by atoms with E-state index in [4.69, 9.17) is 4.42 Å². The van der Waals surface area contributed by atoms with Crippen LogP contribution in [0.25, 0.3) is 11.0 Å². The molecule has 5 heteroatoms. The van der Waals surface area contributed by atoms with Crippen molar-refractivity contribution in [1.29, 1.82) is 0 Å². The van der Waals surface area contributed by atoms with Crippen LogP contribution in [0.5, 0.6) is 0 Å². The second kappa shape index (κ2) is 5.48. The van der Waals surface area contributed by atoms with Gasteiger partial charge in [-0.15, -0.1) is 0 Å². The minimum atomic E-state index is -1.16. The van der Waals surface area contributed by atoms with Crippen LogP contribution in [-0.2, 0) is 4.79 Å². The number of aliphatic carboxylic acids is 1. The quantitative estimate of drug-likeness (QED) is 0.912. The first-order valence-electron chi connectivity index (χ1n) is 7.54. The standard InChI is InChI=1S/C17H19NO4/c1-11-6-8-17(9-7-11,16(20)21)18-15(19)13-10-22-14-5-3-2-4-12(13)14/h2-5,10-11H,6-9H2,1H3,(H,18,19)(H,20,21). The number of benzene rings is 1. The number of nitrogens with one attached hydrogen (secondary N) is 1. The molecule has 1 aromatic heterocycles. The highest BCUT2D eigenvalue weighted by atomic mass is 16.4. The number of furan rings is 1. The van der Waals surface area contributed by atoms with Gasteiger partial charge in [-0.3, -0.25) is 4.79 Å². The van der Waals surface area contributed by atoms with E-state index in [1.54, 1.807) is 12.1 Å². The molecule has 1 aliphatic carbocycles. The van der Waals surface area contributed by atoms with Crippen molar-refractivity contribution < 1.29 is 19.1 Å². The van der Waals surface area contributed by atoms with Gasteiger partial charge in [0.2, 0.25) is 0 Å². The molecule has 0 atom stereocenters. The van der Waals surface area contributed by atoms with Crippen molar-refractivity contribution in [1.82, 2.24) is 5.32 Å². The Balaban J connectivity index is 1.87. The van der Waals surface area contributed by atoms with Crippen LogP contribution in [0, 0.1) is 5.92 Å². The van der Waals surface area contributed by atoms with Gasteiger partial charge in [0.05, 0.1) is 5.56 Å². The molecule has 22 heavy (non-hydrogen) atoms. The topological polar surface area (TPSA) is 79.5 Å². The molecule has 0 radical (unpaired) electrons. The van der Waals surface area contributed by atoms with Crippen molar-refractivity contribution in [2.75, 3.05) is 0 Å². The summed E-state index contributed by atoms with van der Waals surface area (Å²) in [6.07, 6.45) is 3.93. The summed E-state index contributed by atoms with van der Waals surface area (Å²) >= 11 is 0. The molecule has 0 saturated heterocycles. The predicted octanol–water partition coefficient (Wildman–Crippen LogP) is 3.20. The molecule has 1 aromatic carbocycles. The van der Waals surface area contributed by atoms with Gasteiger partial charge in [0.1, 0.15) is 17.4 Å². The van der Waals surface area contributed by atoms with Gasteiger partial charge in [-0.05, 0) is 37.7 Å². The van der Waals surface area contributed by atoms with E-state index in [2.05, 4.69) is 12.2 Å². The van der Waals surface area contributed by atoms with Crippen LogP contribution in [0.2, 0.25) is 0 Å². The molecule has 1 fully saturated rings. The molecule has 1 saturated carbocycles. The average molecular weight is 301 g/mol. The van der Waals surface area contributed by atoms with Crippen LogP contribution >= 0.6 is 0 Å². The van der Waals surface area contributed by atoms with E-state index in [1.807, 2.05) is 12.1 Å². The molecule has 1 heterocycles. The Bertz CT molecular complexity index is 710. The largest absolute Gasteiger partial charge is 0.480 e. The molecule has 2 N–H and O–H groups in total. The highest BCUT2D eigenvalue weighted by Crippen LogP contribution is 2.33. The molecule has 1 aliphatic rings. The highest BCUT2D eigenvalue weighted by molar-refractivity contribution is 6.07. The number of hydrogen-bond acceptors (Lipinski definition) is 3. The summed E-state index contributed by atoms with van der Waals surface area (Å²) in [5, 5.41) is 13.0. The smallest absolute Gasteiger partial charge is 0.329 e. The van der Waals surface area contributed by atoms with Crippen LogP contribution in [0.15, 0.2) is 34.9 Å². The molecule has 0 bridgehead atoms. The van der Waals surface area contributed by atoms with E-state index in [0.717, 1.165) is 12.8 Å². The van der Waals surface area contributed by atoms with Crippen LogP contribution in [0.3, 0.4) is 0 Å². The first kappa shape index (κ1) is 14.6. The maximum absolute atomic E-state index is 12.5. The van der Waals surface area contributed by atoms with Crippen molar-refractivity contribution in [3.63, 3.8) is 0 Å². The van der Waals surface area contributed by atoms with Crippen molar-refractivity contribution in [3.05, 3.63) is 36.1 Å². The maximum atomic E-state index is 12.5. The lowest BCUT2D eigenvalue weighted by Crippen LogP contribution is -2.56. The summed E-state index contributed by atoms with van der Waals surface area (Å²) in [4.78, 5) is 24.3. The molecule has 5 nitrogen and oxygen atoms in total. The van der Waals surface area contributed by atoms with Gasteiger partial charge in [0.25, 0.3) is 5.91 Å². The summed E-state index contributed by atoms with van der Waals surface area (Å²) in [7, 11) is 0. The summed E-state index contributed by atoms with van der Waals surface area (Å²) in [6, 6.07) is 7.23. The SMILES string of the molecule is CC1CCC(NC(=O)c2coc3ccccc23)(C(=O)O)CC1. The Kier molecular flexibility index (Phi) is 3.64. The molecule has 0 aliphatic heterocycles. The Morgan fingerprint density at radius 2 is 1.95 bits per heavy atom. The molecule has 0 spiro atoms. The first-order chi connectivity index (χ1) is 10.5. The Labute approximate surface area is 128 Å². The number of para-hydroxylation sites is 1. The number of fused-ring (bicyclic) bond motifs is 1. The van der Waals surface area contributed by atoms with Gasteiger partial charge < -0.3 is 14.8 Å². The minimum Gasteiger partial charge on any atom is -0.480 e. The van der Waals surface area contributed by atoms with E-state index in [1.165, 1.54) is 6.26 Å². The van der Waals surface area contributed by atoms with Gasteiger partial charge in [-0.25, -0.2) is 4.79 Å². The van der Waals surface area contributed by atoms with Crippen molar-refractivity contribution in [2.45, 2.75) is 38.1 Å². The summed E-state index contributed by atoms with van der Waals surface area (Å²) < 4.78 is 5.36. The summed E-state index contributed by atoms with van der Waals surface area (Å²) in [6.45, 7) is 2.11. The molecule has 2 aromatic rings. The fourth-order valence-electron chi connectivity index (χ4n) is 3.09. The second-order valence-corrected chi connectivity index (χ2v) is 6.17. The van der Waals surface area contributed by atoms with Crippen molar-refractivity contribution >= 4 is 22.8 Å². The third-order valence-electron chi connectivity index (χ3n) is 4.62. The number of hydrogen-bond donors (Lipinski definition) is 2. The fourth-order valence-corrected chi connectivity index (χ4v) is 3.09. The number of carbonyl (C=O) groups excluding carboxylic acids is 1. The number of rotatable bonds is 3. The van der Waals surface area contributed by atoms with Crippen LogP contribution < -0.4 is 5.32 Å². The molecule has 3 rings (SSSR count). The summed E-state index contributed by atoms with van der Waals surface area (Å²) in [5.41, 5.74) is -0.161. The van der Waals surface area contributed by atoms with E-state index in [9.17, 15) is 14.7 Å². The van der Waals surface area contributed by atoms with Crippen LogP contribution in [0.1, 0.15) is 43.0 Å². The lowest BCUT2D eigenvalue weighted by atomic mass is 9.77. The molecule has 116 valence electrons. The number of carboxylic acid groups (broad SMARTS) is 1. The molecule has 1 amide bonds.